The van der Waals surface area contributed by atoms with Crippen molar-refractivity contribution in [3.8, 4) is 5.75 Å². The zero-order chi connectivity index (χ0) is 16.5. The molecule has 0 bridgehead atoms. The standard InChI is InChI=1S/C14H19FN2O4S/c1-16(2)17(11-6-7-22(19,20)9-11)14(18)10-4-5-13(21-3)12(15)8-10/h4-5,8,11H,6-7,9H2,1-3H3/t11-/m0/s1. The molecule has 1 aliphatic heterocycles. The van der Waals surface area contributed by atoms with Gasteiger partial charge in [0, 0.05) is 19.7 Å². The predicted molar refractivity (Wildman–Crippen MR) is 79.9 cm³/mol. The number of nitrogens with zero attached hydrogens (tertiary/aromatic N) is 2. The molecule has 1 fully saturated rings. The lowest BCUT2D eigenvalue weighted by atomic mass is 10.1. The second-order valence-corrected chi connectivity index (χ2v) is 7.63. The summed E-state index contributed by atoms with van der Waals surface area (Å²) in [7, 11) is 1.53. The molecule has 0 unspecified atom stereocenters. The Morgan fingerprint density at radius 3 is 2.50 bits per heavy atom. The van der Waals surface area contributed by atoms with E-state index in [1.54, 1.807) is 14.1 Å². The number of hydrogen-bond acceptors (Lipinski definition) is 5. The average molecular weight is 330 g/mol. The van der Waals surface area contributed by atoms with Crippen molar-refractivity contribution in [3.05, 3.63) is 29.6 Å². The van der Waals surface area contributed by atoms with Crippen LogP contribution in [-0.2, 0) is 9.84 Å². The second-order valence-electron chi connectivity index (χ2n) is 5.40. The monoisotopic (exact) mass is 330 g/mol. The van der Waals surface area contributed by atoms with Gasteiger partial charge in [-0.05, 0) is 24.6 Å². The Bertz CT molecular complexity index is 675. The summed E-state index contributed by atoms with van der Waals surface area (Å²) in [5, 5.41) is 2.90. The summed E-state index contributed by atoms with van der Waals surface area (Å²) in [6.45, 7) is 0. The minimum atomic E-state index is -3.12. The van der Waals surface area contributed by atoms with Crippen LogP contribution in [0.3, 0.4) is 0 Å². The lowest BCUT2D eigenvalue weighted by Crippen LogP contribution is -2.49. The van der Waals surface area contributed by atoms with Gasteiger partial charge >= 0.3 is 0 Å². The molecule has 0 N–H and O–H groups in total. The molecule has 1 saturated heterocycles. The Kier molecular flexibility index (Phi) is 4.72. The number of halogens is 1. The molecule has 1 aromatic rings. The van der Waals surface area contributed by atoms with E-state index in [1.165, 1.54) is 29.3 Å². The number of hydrogen-bond donors (Lipinski definition) is 0. The van der Waals surface area contributed by atoms with Crippen molar-refractivity contribution < 1.29 is 22.3 Å². The van der Waals surface area contributed by atoms with Crippen LogP contribution in [0.5, 0.6) is 5.75 Å². The van der Waals surface area contributed by atoms with Gasteiger partial charge in [0.15, 0.2) is 21.4 Å². The van der Waals surface area contributed by atoms with Gasteiger partial charge in [0.1, 0.15) is 0 Å². The van der Waals surface area contributed by atoms with Gasteiger partial charge < -0.3 is 4.74 Å². The van der Waals surface area contributed by atoms with Gasteiger partial charge in [-0.2, -0.15) is 0 Å². The molecule has 0 aromatic heterocycles. The van der Waals surface area contributed by atoms with Gasteiger partial charge in [0.2, 0.25) is 0 Å². The number of rotatable bonds is 4. The summed E-state index contributed by atoms with van der Waals surface area (Å²) in [5.74, 6) is -1.03. The topological polar surface area (TPSA) is 66.9 Å². The molecule has 6 nitrogen and oxygen atoms in total. The summed E-state index contributed by atoms with van der Waals surface area (Å²) in [5.41, 5.74) is 0.149. The SMILES string of the molecule is COc1ccc(C(=O)N([C@H]2CCS(=O)(=O)C2)N(C)C)cc1F. The number of sulfone groups is 1. The molecule has 1 heterocycles. The maximum Gasteiger partial charge on any atom is 0.268 e. The lowest BCUT2D eigenvalue weighted by molar-refractivity contribution is 0.000967. The Morgan fingerprint density at radius 2 is 2.05 bits per heavy atom. The number of carbonyl (C=O) groups is 1. The molecule has 0 radical (unpaired) electrons. The maximum atomic E-state index is 13.8. The zero-order valence-corrected chi connectivity index (χ0v) is 13.6. The van der Waals surface area contributed by atoms with Gasteiger partial charge in [0.05, 0.1) is 24.7 Å². The minimum absolute atomic E-state index is 0.0522. The smallest absolute Gasteiger partial charge is 0.268 e. The van der Waals surface area contributed by atoms with E-state index in [1.807, 2.05) is 0 Å². The van der Waals surface area contributed by atoms with Crippen LogP contribution in [-0.4, -0.2) is 63.1 Å². The molecule has 1 amide bonds. The van der Waals surface area contributed by atoms with Crippen molar-refractivity contribution >= 4 is 15.7 Å². The number of hydrazine groups is 1. The van der Waals surface area contributed by atoms with E-state index in [9.17, 15) is 17.6 Å². The highest BCUT2D eigenvalue weighted by Crippen LogP contribution is 2.23. The van der Waals surface area contributed by atoms with Crippen molar-refractivity contribution in [2.75, 3.05) is 32.7 Å². The van der Waals surface area contributed by atoms with Crippen LogP contribution < -0.4 is 4.74 Å². The molecule has 1 aromatic carbocycles. The summed E-state index contributed by atoms with van der Waals surface area (Å²) < 4.78 is 41.9. The van der Waals surface area contributed by atoms with E-state index in [4.69, 9.17) is 4.74 Å². The maximum absolute atomic E-state index is 13.8. The molecule has 1 atom stereocenters. The lowest BCUT2D eigenvalue weighted by Gasteiger charge is -2.33. The fraction of sp³-hybridized carbons (Fsp3) is 0.500. The predicted octanol–water partition coefficient (Wildman–Crippen LogP) is 0.940. The highest BCUT2D eigenvalue weighted by molar-refractivity contribution is 7.91. The first-order chi connectivity index (χ1) is 10.2. The normalized spacial score (nSPS) is 20.1. The number of amides is 1. The molecular weight excluding hydrogens is 311 g/mol. The van der Waals surface area contributed by atoms with Gasteiger partial charge in [-0.15, -0.1) is 0 Å². The zero-order valence-electron chi connectivity index (χ0n) is 12.7. The van der Waals surface area contributed by atoms with Crippen LogP contribution in [0.2, 0.25) is 0 Å². The van der Waals surface area contributed by atoms with E-state index >= 15 is 0 Å². The molecule has 2 rings (SSSR count). The fourth-order valence-electron chi connectivity index (χ4n) is 2.57. The van der Waals surface area contributed by atoms with Crippen molar-refractivity contribution in [1.29, 1.82) is 0 Å². The van der Waals surface area contributed by atoms with Crippen LogP contribution >= 0.6 is 0 Å². The van der Waals surface area contributed by atoms with Crippen molar-refractivity contribution in [3.63, 3.8) is 0 Å². The Balaban J connectivity index is 2.29. The van der Waals surface area contributed by atoms with Crippen LogP contribution in [0.15, 0.2) is 18.2 Å². The quantitative estimate of drug-likeness (QED) is 0.769. The largest absolute Gasteiger partial charge is 0.494 e. The van der Waals surface area contributed by atoms with E-state index in [2.05, 4.69) is 0 Å². The first-order valence-corrected chi connectivity index (χ1v) is 8.62. The number of carbonyl (C=O) groups excluding carboxylic acids is 1. The Morgan fingerprint density at radius 1 is 1.36 bits per heavy atom. The number of ether oxygens (including phenoxy) is 1. The summed E-state index contributed by atoms with van der Waals surface area (Å²) >= 11 is 0. The van der Waals surface area contributed by atoms with Crippen molar-refractivity contribution in [2.45, 2.75) is 12.5 Å². The number of benzene rings is 1. The molecule has 22 heavy (non-hydrogen) atoms. The van der Waals surface area contributed by atoms with Gasteiger partial charge in [0.25, 0.3) is 5.91 Å². The molecule has 1 aliphatic rings. The van der Waals surface area contributed by atoms with Gasteiger partial charge in [-0.1, -0.05) is 0 Å². The third-order valence-electron chi connectivity index (χ3n) is 3.59. The van der Waals surface area contributed by atoms with Crippen LogP contribution in [0.25, 0.3) is 0 Å². The van der Waals surface area contributed by atoms with Crippen molar-refractivity contribution in [1.82, 2.24) is 10.0 Å². The Labute approximate surface area is 129 Å². The molecule has 122 valence electrons. The third kappa shape index (κ3) is 3.38. The van der Waals surface area contributed by atoms with Gasteiger partial charge in [-0.3, -0.25) is 9.80 Å². The summed E-state index contributed by atoms with van der Waals surface area (Å²) in [6.07, 6.45) is 0.380. The molecular formula is C14H19FN2O4S. The first-order valence-electron chi connectivity index (χ1n) is 6.80. The third-order valence-corrected chi connectivity index (χ3v) is 5.34. The molecule has 0 aliphatic carbocycles. The van der Waals surface area contributed by atoms with E-state index < -0.39 is 27.6 Å². The molecule has 0 spiro atoms. The van der Waals surface area contributed by atoms with Crippen LogP contribution in [0.1, 0.15) is 16.8 Å². The van der Waals surface area contributed by atoms with E-state index in [0.717, 1.165) is 6.07 Å². The second kappa shape index (κ2) is 6.21. The van der Waals surface area contributed by atoms with E-state index in [-0.39, 0.29) is 22.8 Å². The molecule has 0 saturated carbocycles. The van der Waals surface area contributed by atoms with Crippen LogP contribution in [0.4, 0.5) is 4.39 Å². The minimum Gasteiger partial charge on any atom is -0.494 e. The number of methoxy groups -OCH3 is 1. The highest BCUT2D eigenvalue weighted by atomic mass is 32.2. The highest BCUT2D eigenvalue weighted by Gasteiger charge is 2.36. The van der Waals surface area contributed by atoms with Gasteiger partial charge in [-0.25, -0.2) is 17.8 Å². The summed E-state index contributed by atoms with van der Waals surface area (Å²) in [4.78, 5) is 12.6. The molecule has 8 heteroatoms. The van der Waals surface area contributed by atoms with Crippen LogP contribution in [0, 0.1) is 5.82 Å². The fourth-order valence-corrected chi connectivity index (χ4v) is 4.27. The summed E-state index contributed by atoms with van der Waals surface area (Å²) in [6, 6.07) is 3.50. The van der Waals surface area contributed by atoms with E-state index in [0.29, 0.717) is 6.42 Å². The first kappa shape index (κ1) is 16.7. The average Bonchev–Trinajstić information content (AvgIpc) is 2.78. The van der Waals surface area contributed by atoms with Crippen molar-refractivity contribution in [2.24, 2.45) is 0 Å². The Hall–Kier alpha value is -1.67.